The summed E-state index contributed by atoms with van der Waals surface area (Å²) in [5, 5.41) is 10.3. The molecular weight excluding hydrogens is 284 g/mol. The standard InChI is InChI=1S/C16H24N2O2S/c1-3-10-4-8-12(9-5-10)18(2)16-17-13(11-6-7-11)14(21-16)15(19)20/h10-12H,3-9H2,1-2H3,(H,19,20). The van der Waals surface area contributed by atoms with Crippen molar-refractivity contribution in [1.82, 2.24) is 4.98 Å². The number of thiazole rings is 1. The first-order valence-electron chi connectivity index (χ1n) is 8.07. The summed E-state index contributed by atoms with van der Waals surface area (Å²) in [5.41, 5.74) is 0.830. The first kappa shape index (κ1) is 14.8. The molecule has 0 aromatic carbocycles. The minimum absolute atomic E-state index is 0.394. The third kappa shape index (κ3) is 3.07. The van der Waals surface area contributed by atoms with Crippen molar-refractivity contribution in [3.8, 4) is 0 Å². The Morgan fingerprint density at radius 1 is 1.29 bits per heavy atom. The summed E-state index contributed by atoms with van der Waals surface area (Å²) in [6, 6.07) is 0.521. The number of carboxylic acids is 1. The van der Waals surface area contributed by atoms with Crippen molar-refractivity contribution in [1.29, 1.82) is 0 Å². The van der Waals surface area contributed by atoms with Crippen molar-refractivity contribution in [3.05, 3.63) is 10.6 Å². The zero-order valence-corrected chi connectivity index (χ0v) is 13.7. The van der Waals surface area contributed by atoms with Crippen LogP contribution in [0.3, 0.4) is 0 Å². The SMILES string of the molecule is CCC1CCC(N(C)c2nc(C3CC3)c(C(=O)O)s2)CC1. The predicted molar refractivity (Wildman–Crippen MR) is 85.5 cm³/mol. The van der Waals surface area contributed by atoms with Crippen molar-refractivity contribution >= 4 is 22.4 Å². The fourth-order valence-corrected chi connectivity index (χ4v) is 4.38. The fraction of sp³-hybridized carbons (Fsp3) is 0.750. The van der Waals surface area contributed by atoms with Gasteiger partial charge in [-0.15, -0.1) is 0 Å². The molecule has 0 unspecified atom stereocenters. The van der Waals surface area contributed by atoms with E-state index in [0.717, 1.165) is 29.6 Å². The Labute approximate surface area is 130 Å². The van der Waals surface area contributed by atoms with Gasteiger partial charge in [-0.25, -0.2) is 9.78 Å². The average molecular weight is 308 g/mol. The van der Waals surface area contributed by atoms with E-state index in [-0.39, 0.29) is 0 Å². The van der Waals surface area contributed by atoms with Crippen molar-refractivity contribution in [2.45, 2.75) is 63.8 Å². The minimum Gasteiger partial charge on any atom is -0.477 e. The number of carbonyl (C=O) groups is 1. The van der Waals surface area contributed by atoms with Crippen LogP contribution in [0.2, 0.25) is 0 Å². The number of hydrogen-bond acceptors (Lipinski definition) is 4. The molecule has 0 bridgehead atoms. The lowest BCUT2D eigenvalue weighted by atomic mass is 9.84. The fourth-order valence-electron chi connectivity index (χ4n) is 3.35. The molecule has 1 aromatic rings. The van der Waals surface area contributed by atoms with Gasteiger partial charge < -0.3 is 10.0 Å². The first-order valence-corrected chi connectivity index (χ1v) is 8.88. The zero-order valence-electron chi connectivity index (χ0n) is 12.8. The summed E-state index contributed by atoms with van der Waals surface area (Å²) in [4.78, 5) is 18.8. The molecule has 0 saturated heterocycles. The Kier molecular flexibility index (Phi) is 4.20. The third-order valence-electron chi connectivity index (χ3n) is 5.04. The highest BCUT2D eigenvalue weighted by Gasteiger charge is 2.33. The molecule has 3 rings (SSSR count). The topological polar surface area (TPSA) is 53.4 Å². The molecule has 0 spiro atoms. The van der Waals surface area contributed by atoms with Gasteiger partial charge in [-0.05, 0) is 44.4 Å². The Bertz CT molecular complexity index is 516. The smallest absolute Gasteiger partial charge is 0.347 e. The van der Waals surface area contributed by atoms with Crippen LogP contribution in [0.15, 0.2) is 0 Å². The van der Waals surface area contributed by atoms with Gasteiger partial charge in [-0.2, -0.15) is 0 Å². The molecule has 4 nitrogen and oxygen atoms in total. The van der Waals surface area contributed by atoms with Gasteiger partial charge in [-0.3, -0.25) is 0 Å². The third-order valence-corrected chi connectivity index (χ3v) is 6.19. The quantitative estimate of drug-likeness (QED) is 0.889. The Balaban J connectivity index is 1.74. The van der Waals surface area contributed by atoms with E-state index in [4.69, 9.17) is 0 Å². The van der Waals surface area contributed by atoms with E-state index in [1.807, 2.05) is 0 Å². The molecule has 0 radical (unpaired) electrons. The normalized spacial score (nSPS) is 25.8. The Morgan fingerprint density at radius 3 is 2.48 bits per heavy atom. The highest BCUT2D eigenvalue weighted by Crippen LogP contribution is 2.44. The van der Waals surface area contributed by atoms with Gasteiger partial charge in [0, 0.05) is 19.0 Å². The molecule has 1 N–H and O–H groups in total. The predicted octanol–water partition coefficient (Wildman–Crippen LogP) is 4.12. The van der Waals surface area contributed by atoms with Crippen LogP contribution in [0.25, 0.3) is 0 Å². The van der Waals surface area contributed by atoms with Crippen molar-refractivity contribution in [2.75, 3.05) is 11.9 Å². The molecule has 2 aliphatic rings. The maximum Gasteiger partial charge on any atom is 0.347 e. The number of rotatable bonds is 5. The van der Waals surface area contributed by atoms with Gasteiger partial charge in [0.05, 0.1) is 5.69 Å². The highest BCUT2D eigenvalue weighted by atomic mass is 32.1. The van der Waals surface area contributed by atoms with E-state index in [9.17, 15) is 9.90 Å². The van der Waals surface area contributed by atoms with Crippen LogP contribution in [0.4, 0.5) is 5.13 Å². The number of hydrogen-bond donors (Lipinski definition) is 1. The molecule has 2 fully saturated rings. The number of nitrogens with zero attached hydrogens (tertiary/aromatic N) is 2. The van der Waals surface area contributed by atoms with E-state index in [2.05, 4.69) is 23.9 Å². The second-order valence-corrected chi connectivity index (χ2v) is 7.46. The van der Waals surface area contributed by atoms with Gasteiger partial charge in [-0.1, -0.05) is 24.7 Å². The van der Waals surface area contributed by atoms with Crippen molar-refractivity contribution in [3.63, 3.8) is 0 Å². The average Bonchev–Trinajstić information content (AvgIpc) is 3.25. The maximum absolute atomic E-state index is 11.4. The lowest BCUT2D eigenvalue weighted by Gasteiger charge is -2.34. The highest BCUT2D eigenvalue weighted by molar-refractivity contribution is 7.17. The van der Waals surface area contributed by atoms with Gasteiger partial charge in [0.1, 0.15) is 4.88 Å². The summed E-state index contributed by atoms with van der Waals surface area (Å²) in [6.07, 6.45) is 8.45. The molecule has 2 saturated carbocycles. The molecule has 1 aromatic heterocycles. The van der Waals surface area contributed by atoms with E-state index in [0.29, 0.717) is 16.8 Å². The lowest BCUT2D eigenvalue weighted by molar-refractivity contribution is 0.0700. The van der Waals surface area contributed by atoms with Crippen LogP contribution in [-0.4, -0.2) is 29.1 Å². The zero-order chi connectivity index (χ0) is 15.0. The molecule has 5 heteroatoms. The largest absolute Gasteiger partial charge is 0.477 e. The molecule has 0 atom stereocenters. The number of aromatic carboxylic acids is 1. The van der Waals surface area contributed by atoms with Crippen LogP contribution in [0, 0.1) is 5.92 Å². The summed E-state index contributed by atoms with van der Waals surface area (Å²) < 4.78 is 0. The van der Waals surface area contributed by atoms with Crippen molar-refractivity contribution in [2.24, 2.45) is 5.92 Å². The van der Waals surface area contributed by atoms with Gasteiger partial charge in [0.2, 0.25) is 0 Å². The molecule has 116 valence electrons. The van der Waals surface area contributed by atoms with E-state index < -0.39 is 5.97 Å². The van der Waals surface area contributed by atoms with E-state index in [1.54, 1.807) is 0 Å². The molecule has 1 heterocycles. The Hall–Kier alpha value is -1.10. The van der Waals surface area contributed by atoms with Crippen LogP contribution in [0.5, 0.6) is 0 Å². The second kappa shape index (κ2) is 5.95. The second-order valence-electron chi connectivity index (χ2n) is 6.48. The Morgan fingerprint density at radius 2 is 1.95 bits per heavy atom. The summed E-state index contributed by atoms with van der Waals surface area (Å²) >= 11 is 1.36. The van der Waals surface area contributed by atoms with Crippen LogP contribution in [-0.2, 0) is 0 Å². The molecule has 21 heavy (non-hydrogen) atoms. The molecular formula is C16H24N2O2S. The van der Waals surface area contributed by atoms with E-state index in [1.165, 1.54) is 43.4 Å². The van der Waals surface area contributed by atoms with Crippen LogP contribution in [0.1, 0.15) is 73.2 Å². The molecule has 0 amide bonds. The number of aromatic nitrogens is 1. The number of carboxylic acid groups (broad SMARTS) is 1. The van der Waals surface area contributed by atoms with Gasteiger partial charge in [0.25, 0.3) is 0 Å². The number of anilines is 1. The van der Waals surface area contributed by atoms with Crippen molar-refractivity contribution < 1.29 is 9.90 Å². The van der Waals surface area contributed by atoms with Gasteiger partial charge >= 0.3 is 5.97 Å². The summed E-state index contributed by atoms with van der Waals surface area (Å²) in [5.74, 6) is 0.455. The first-order chi connectivity index (χ1) is 10.1. The van der Waals surface area contributed by atoms with Crippen LogP contribution < -0.4 is 4.90 Å². The minimum atomic E-state index is -0.816. The summed E-state index contributed by atoms with van der Waals surface area (Å²) in [7, 11) is 2.08. The monoisotopic (exact) mass is 308 g/mol. The summed E-state index contributed by atoms with van der Waals surface area (Å²) in [6.45, 7) is 2.27. The van der Waals surface area contributed by atoms with E-state index >= 15 is 0 Å². The van der Waals surface area contributed by atoms with Crippen LogP contribution >= 0.6 is 11.3 Å². The molecule has 2 aliphatic carbocycles. The van der Waals surface area contributed by atoms with Gasteiger partial charge in [0.15, 0.2) is 5.13 Å². The maximum atomic E-state index is 11.4. The lowest BCUT2D eigenvalue weighted by Crippen LogP contribution is -2.35. The molecule has 0 aliphatic heterocycles.